The van der Waals surface area contributed by atoms with Crippen LogP contribution in [0, 0.1) is 6.92 Å². The van der Waals surface area contributed by atoms with Crippen LogP contribution >= 0.6 is 11.6 Å². The van der Waals surface area contributed by atoms with Gasteiger partial charge in [0.05, 0.1) is 12.8 Å². The lowest BCUT2D eigenvalue weighted by Gasteiger charge is -2.22. The van der Waals surface area contributed by atoms with Crippen molar-refractivity contribution in [2.24, 2.45) is 0 Å². The minimum absolute atomic E-state index is 0.0358. The van der Waals surface area contributed by atoms with Crippen molar-refractivity contribution in [2.75, 3.05) is 0 Å². The van der Waals surface area contributed by atoms with E-state index in [9.17, 15) is 4.79 Å². The highest BCUT2D eigenvalue weighted by Crippen LogP contribution is 2.17. The number of aryl methyl sites for hydroxylation is 1. The van der Waals surface area contributed by atoms with Crippen LogP contribution < -0.4 is 0 Å². The van der Waals surface area contributed by atoms with Crippen molar-refractivity contribution in [3.8, 4) is 0 Å². The van der Waals surface area contributed by atoms with Gasteiger partial charge in [-0.2, -0.15) is 0 Å². The van der Waals surface area contributed by atoms with Crippen molar-refractivity contribution in [3.63, 3.8) is 0 Å². The molecule has 1 aromatic heterocycles. The number of hydrogen-bond donors (Lipinski definition) is 0. The quantitative estimate of drug-likeness (QED) is 0.649. The molecule has 0 aliphatic carbocycles. The maximum absolute atomic E-state index is 12.9. The molecule has 1 amide bonds. The maximum atomic E-state index is 12.9. The van der Waals surface area contributed by atoms with Gasteiger partial charge >= 0.3 is 0 Å². The summed E-state index contributed by atoms with van der Waals surface area (Å²) in [5.74, 6) is 0.712. The first-order valence-electron chi connectivity index (χ1n) is 7.74. The summed E-state index contributed by atoms with van der Waals surface area (Å²) in [7, 11) is 0. The predicted molar refractivity (Wildman–Crippen MR) is 94.9 cm³/mol. The Labute approximate surface area is 146 Å². The van der Waals surface area contributed by atoms with E-state index in [0.717, 1.165) is 16.9 Å². The first kappa shape index (κ1) is 16.3. The molecule has 0 unspecified atom stereocenters. The topological polar surface area (TPSA) is 33.5 Å². The van der Waals surface area contributed by atoms with E-state index in [1.54, 1.807) is 11.2 Å². The van der Waals surface area contributed by atoms with Crippen LogP contribution in [0.15, 0.2) is 71.3 Å². The van der Waals surface area contributed by atoms with Gasteiger partial charge in [-0.05, 0) is 48.9 Å². The molecular weight excluding hydrogens is 322 g/mol. The largest absolute Gasteiger partial charge is 0.467 e. The zero-order valence-electron chi connectivity index (χ0n) is 13.4. The van der Waals surface area contributed by atoms with Gasteiger partial charge in [0.1, 0.15) is 5.76 Å². The Morgan fingerprint density at radius 1 is 1.04 bits per heavy atom. The fourth-order valence-electron chi connectivity index (χ4n) is 2.52. The summed E-state index contributed by atoms with van der Waals surface area (Å²) in [5, 5.41) is 0.660. The summed E-state index contributed by atoms with van der Waals surface area (Å²) >= 11 is 6.06. The highest BCUT2D eigenvalue weighted by molar-refractivity contribution is 6.30. The minimum Gasteiger partial charge on any atom is -0.467 e. The summed E-state index contributed by atoms with van der Waals surface area (Å²) in [5.41, 5.74) is 2.77. The van der Waals surface area contributed by atoms with Gasteiger partial charge in [0.15, 0.2) is 0 Å². The highest BCUT2D eigenvalue weighted by Gasteiger charge is 2.18. The van der Waals surface area contributed by atoms with Gasteiger partial charge in [0.2, 0.25) is 0 Å². The van der Waals surface area contributed by atoms with Crippen LogP contribution in [0.1, 0.15) is 27.2 Å². The summed E-state index contributed by atoms with van der Waals surface area (Å²) in [4.78, 5) is 14.7. The Balaban J connectivity index is 1.86. The number of carbonyl (C=O) groups excluding carboxylic acids is 1. The minimum atomic E-state index is -0.0358. The fraction of sp³-hybridized carbons (Fsp3) is 0.150. The molecule has 0 atom stereocenters. The van der Waals surface area contributed by atoms with E-state index in [4.69, 9.17) is 16.0 Å². The second-order valence-corrected chi connectivity index (χ2v) is 6.17. The normalized spacial score (nSPS) is 10.6. The molecule has 0 saturated heterocycles. The lowest BCUT2D eigenvalue weighted by molar-refractivity contribution is 0.0717. The van der Waals surface area contributed by atoms with E-state index in [0.29, 0.717) is 23.7 Å². The Morgan fingerprint density at radius 3 is 2.50 bits per heavy atom. The third-order valence-corrected chi connectivity index (χ3v) is 4.01. The van der Waals surface area contributed by atoms with Gasteiger partial charge < -0.3 is 9.32 Å². The Kier molecular flexibility index (Phi) is 5.02. The molecule has 0 radical (unpaired) electrons. The van der Waals surface area contributed by atoms with Crippen molar-refractivity contribution in [3.05, 3.63) is 94.4 Å². The van der Waals surface area contributed by atoms with Gasteiger partial charge in [-0.1, -0.05) is 41.4 Å². The SMILES string of the molecule is Cc1ccc(C(=O)N(Cc2cccc(Cl)c2)Cc2ccco2)cc1. The van der Waals surface area contributed by atoms with Crippen LogP contribution in [0.2, 0.25) is 5.02 Å². The second-order valence-electron chi connectivity index (χ2n) is 5.74. The van der Waals surface area contributed by atoms with E-state index in [-0.39, 0.29) is 5.91 Å². The van der Waals surface area contributed by atoms with Crippen LogP contribution in [0.5, 0.6) is 0 Å². The predicted octanol–water partition coefficient (Wildman–Crippen LogP) is 5.08. The Morgan fingerprint density at radius 2 is 1.83 bits per heavy atom. The fourth-order valence-corrected chi connectivity index (χ4v) is 2.74. The zero-order valence-corrected chi connectivity index (χ0v) is 14.2. The van der Waals surface area contributed by atoms with Crippen molar-refractivity contribution in [1.29, 1.82) is 0 Å². The first-order valence-corrected chi connectivity index (χ1v) is 8.12. The third kappa shape index (κ3) is 4.06. The molecule has 4 heteroatoms. The molecule has 0 saturated carbocycles. The summed E-state index contributed by atoms with van der Waals surface area (Å²) < 4.78 is 5.41. The van der Waals surface area contributed by atoms with Gasteiger partial charge in [-0.3, -0.25) is 4.79 Å². The van der Waals surface area contributed by atoms with Gasteiger partial charge in [-0.15, -0.1) is 0 Å². The Hall–Kier alpha value is -2.52. The number of hydrogen-bond acceptors (Lipinski definition) is 2. The number of carbonyl (C=O) groups is 1. The standard InChI is InChI=1S/C20H18ClNO2/c1-15-7-9-17(10-8-15)20(23)22(14-19-6-3-11-24-19)13-16-4-2-5-18(21)12-16/h2-12H,13-14H2,1H3. The number of amides is 1. The van der Waals surface area contributed by atoms with E-state index in [1.165, 1.54) is 0 Å². The van der Waals surface area contributed by atoms with Gasteiger partial charge in [-0.25, -0.2) is 0 Å². The van der Waals surface area contributed by atoms with Crippen molar-refractivity contribution >= 4 is 17.5 Å². The highest BCUT2D eigenvalue weighted by atomic mass is 35.5. The van der Waals surface area contributed by atoms with E-state index < -0.39 is 0 Å². The summed E-state index contributed by atoms with van der Waals surface area (Å²) in [6.07, 6.45) is 1.61. The van der Waals surface area contributed by atoms with Crippen LogP contribution in [0.4, 0.5) is 0 Å². The molecule has 0 bridgehead atoms. The molecule has 3 rings (SSSR count). The van der Waals surface area contributed by atoms with E-state index >= 15 is 0 Å². The maximum Gasteiger partial charge on any atom is 0.254 e. The molecule has 0 fully saturated rings. The number of furan rings is 1. The van der Waals surface area contributed by atoms with Crippen LogP contribution in [0.25, 0.3) is 0 Å². The Bertz CT molecular complexity index is 810. The number of rotatable bonds is 5. The molecule has 0 aliphatic heterocycles. The molecule has 1 heterocycles. The van der Waals surface area contributed by atoms with E-state index in [2.05, 4.69) is 0 Å². The van der Waals surface area contributed by atoms with Crippen molar-refractivity contribution < 1.29 is 9.21 Å². The van der Waals surface area contributed by atoms with Crippen molar-refractivity contribution in [1.82, 2.24) is 4.90 Å². The lowest BCUT2D eigenvalue weighted by Crippen LogP contribution is -2.30. The summed E-state index contributed by atoms with van der Waals surface area (Å²) in [6, 6.07) is 18.8. The van der Waals surface area contributed by atoms with E-state index in [1.807, 2.05) is 67.6 Å². The number of benzene rings is 2. The molecule has 24 heavy (non-hydrogen) atoms. The lowest BCUT2D eigenvalue weighted by atomic mass is 10.1. The average Bonchev–Trinajstić information content (AvgIpc) is 3.07. The molecule has 0 spiro atoms. The van der Waals surface area contributed by atoms with Crippen LogP contribution in [0.3, 0.4) is 0 Å². The van der Waals surface area contributed by atoms with Crippen LogP contribution in [-0.2, 0) is 13.1 Å². The molecule has 3 aromatic rings. The average molecular weight is 340 g/mol. The van der Waals surface area contributed by atoms with Crippen molar-refractivity contribution in [2.45, 2.75) is 20.0 Å². The first-order chi connectivity index (χ1) is 11.6. The number of halogens is 1. The van der Waals surface area contributed by atoms with Gasteiger partial charge in [0.25, 0.3) is 5.91 Å². The van der Waals surface area contributed by atoms with Crippen LogP contribution in [-0.4, -0.2) is 10.8 Å². The third-order valence-electron chi connectivity index (χ3n) is 3.77. The molecule has 2 aromatic carbocycles. The van der Waals surface area contributed by atoms with Gasteiger partial charge in [0, 0.05) is 17.1 Å². The molecule has 0 N–H and O–H groups in total. The zero-order chi connectivity index (χ0) is 16.9. The molecule has 0 aliphatic rings. The smallest absolute Gasteiger partial charge is 0.254 e. The molecular formula is C20H18ClNO2. The molecule has 122 valence electrons. The second kappa shape index (κ2) is 7.37. The molecule has 3 nitrogen and oxygen atoms in total. The number of nitrogens with zero attached hydrogens (tertiary/aromatic N) is 1. The summed E-state index contributed by atoms with van der Waals surface area (Å²) in [6.45, 7) is 2.88. The monoisotopic (exact) mass is 339 g/mol.